The highest BCUT2D eigenvalue weighted by Gasteiger charge is 2.04. The Morgan fingerprint density at radius 2 is 2.17 bits per heavy atom. The number of rotatable bonds is 3. The number of aryl methyl sites for hydroxylation is 1. The average molecular weight is 164 g/mol. The van der Waals surface area contributed by atoms with E-state index in [1.165, 1.54) is 5.56 Å². The summed E-state index contributed by atoms with van der Waals surface area (Å²) in [5, 5.41) is 9.64. The number of hydrogen-bond donors (Lipinski definition) is 1. The highest BCUT2D eigenvalue weighted by Crippen LogP contribution is 2.18. The number of benzene rings is 1. The van der Waals surface area contributed by atoms with Gasteiger partial charge in [-0.1, -0.05) is 43.2 Å². The van der Waals surface area contributed by atoms with E-state index in [9.17, 15) is 5.11 Å². The third kappa shape index (κ3) is 2.35. The molecule has 1 N–H and O–H groups in total. The second-order valence-corrected chi connectivity index (χ2v) is 3.22. The van der Waals surface area contributed by atoms with Crippen molar-refractivity contribution in [3.63, 3.8) is 0 Å². The zero-order valence-corrected chi connectivity index (χ0v) is 7.75. The van der Waals surface area contributed by atoms with Gasteiger partial charge in [0.15, 0.2) is 0 Å². The Bertz CT molecular complexity index is 243. The van der Waals surface area contributed by atoms with Crippen LogP contribution in [0.15, 0.2) is 24.3 Å². The van der Waals surface area contributed by atoms with Crippen molar-refractivity contribution < 1.29 is 5.11 Å². The molecule has 0 aromatic heterocycles. The van der Waals surface area contributed by atoms with E-state index in [2.05, 4.69) is 6.92 Å². The van der Waals surface area contributed by atoms with E-state index < -0.39 is 0 Å². The van der Waals surface area contributed by atoms with E-state index in [1.54, 1.807) is 0 Å². The third-order valence-electron chi connectivity index (χ3n) is 1.99. The summed E-state index contributed by atoms with van der Waals surface area (Å²) in [6.07, 6.45) is 1.59. The molecule has 0 bridgehead atoms. The van der Waals surface area contributed by atoms with Gasteiger partial charge in [-0.2, -0.15) is 0 Å². The zero-order valence-electron chi connectivity index (χ0n) is 7.75. The van der Waals surface area contributed by atoms with Gasteiger partial charge in [-0.15, -0.1) is 0 Å². The number of aliphatic hydroxyl groups excluding tert-OH is 1. The fraction of sp³-hybridized carbons (Fsp3) is 0.455. The molecule has 1 nitrogen and oxygen atoms in total. The summed E-state index contributed by atoms with van der Waals surface area (Å²) in [6, 6.07) is 8.05. The van der Waals surface area contributed by atoms with E-state index in [4.69, 9.17) is 0 Å². The van der Waals surface area contributed by atoms with Crippen molar-refractivity contribution in [3.8, 4) is 0 Å². The quantitative estimate of drug-likeness (QED) is 0.728. The maximum Gasteiger partial charge on any atom is 0.0790 e. The van der Waals surface area contributed by atoms with Gasteiger partial charge in [0.25, 0.3) is 0 Å². The fourth-order valence-corrected chi connectivity index (χ4v) is 1.32. The molecule has 0 saturated carbocycles. The van der Waals surface area contributed by atoms with Crippen LogP contribution in [0.4, 0.5) is 0 Å². The molecule has 1 aromatic carbocycles. The van der Waals surface area contributed by atoms with Crippen molar-refractivity contribution in [2.45, 2.75) is 32.8 Å². The Balaban J connectivity index is 2.73. The molecule has 0 aliphatic carbocycles. The Hall–Kier alpha value is -0.820. The van der Waals surface area contributed by atoms with E-state index in [1.807, 2.05) is 31.2 Å². The van der Waals surface area contributed by atoms with Crippen LogP contribution in [0.1, 0.15) is 37.0 Å². The predicted octanol–water partition coefficient (Wildman–Crippen LogP) is 2.83. The van der Waals surface area contributed by atoms with Gasteiger partial charge in [0.1, 0.15) is 0 Å². The van der Waals surface area contributed by atoms with Gasteiger partial charge in [0.2, 0.25) is 0 Å². The van der Waals surface area contributed by atoms with Crippen LogP contribution in [-0.2, 0) is 0 Å². The van der Waals surface area contributed by atoms with Crippen LogP contribution < -0.4 is 0 Å². The van der Waals surface area contributed by atoms with E-state index in [-0.39, 0.29) is 6.10 Å². The minimum Gasteiger partial charge on any atom is -0.388 e. The summed E-state index contributed by atoms with van der Waals surface area (Å²) < 4.78 is 0. The molecule has 1 atom stereocenters. The van der Waals surface area contributed by atoms with Crippen LogP contribution >= 0.6 is 0 Å². The first-order chi connectivity index (χ1) is 5.74. The molecule has 12 heavy (non-hydrogen) atoms. The Morgan fingerprint density at radius 1 is 1.42 bits per heavy atom. The standard InChI is InChI=1S/C11H16O/c1-3-5-11(12)10-7-4-6-9(2)8-10/h4,6-8,11-12H,3,5H2,1-2H3/t11-/m1/s1. The van der Waals surface area contributed by atoms with Gasteiger partial charge < -0.3 is 5.11 Å². The zero-order chi connectivity index (χ0) is 8.97. The molecule has 1 aromatic rings. The summed E-state index contributed by atoms with van der Waals surface area (Å²) in [5.41, 5.74) is 2.25. The lowest BCUT2D eigenvalue weighted by atomic mass is 10.0. The maximum atomic E-state index is 9.64. The Labute approximate surface area is 74.1 Å². The van der Waals surface area contributed by atoms with Crippen LogP contribution in [0, 0.1) is 6.92 Å². The molecule has 1 heteroatoms. The van der Waals surface area contributed by atoms with Gasteiger partial charge in [-0.05, 0) is 18.9 Å². The summed E-state index contributed by atoms with van der Waals surface area (Å²) in [4.78, 5) is 0. The van der Waals surface area contributed by atoms with Crippen LogP contribution in [0.25, 0.3) is 0 Å². The third-order valence-corrected chi connectivity index (χ3v) is 1.99. The maximum absolute atomic E-state index is 9.64. The van der Waals surface area contributed by atoms with E-state index in [0.29, 0.717) is 0 Å². The molecule has 0 heterocycles. The fourth-order valence-electron chi connectivity index (χ4n) is 1.32. The van der Waals surface area contributed by atoms with Crippen molar-refractivity contribution in [2.75, 3.05) is 0 Å². The molecule has 0 amide bonds. The number of aliphatic hydroxyl groups is 1. The van der Waals surface area contributed by atoms with Gasteiger partial charge in [0.05, 0.1) is 6.10 Å². The highest BCUT2D eigenvalue weighted by atomic mass is 16.3. The number of hydrogen-bond acceptors (Lipinski definition) is 1. The Morgan fingerprint density at radius 3 is 2.75 bits per heavy atom. The topological polar surface area (TPSA) is 20.2 Å². The first kappa shape index (κ1) is 9.27. The largest absolute Gasteiger partial charge is 0.388 e. The minimum atomic E-state index is -0.283. The Kier molecular flexibility index (Phi) is 3.30. The molecular formula is C11H16O. The molecule has 0 aliphatic heterocycles. The molecule has 0 saturated heterocycles. The van der Waals surface area contributed by atoms with Gasteiger partial charge in [0, 0.05) is 0 Å². The lowest BCUT2D eigenvalue weighted by Gasteiger charge is -2.09. The van der Waals surface area contributed by atoms with Gasteiger partial charge in [-0.25, -0.2) is 0 Å². The highest BCUT2D eigenvalue weighted by molar-refractivity contribution is 5.23. The second kappa shape index (κ2) is 4.27. The summed E-state index contributed by atoms with van der Waals surface area (Å²) in [5.74, 6) is 0. The van der Waals surface area contributed by atoms with Crippen LogP contribution in [0.2, 0.25) is 0 Å². The van der Waals surface area contributed by atoms with Crippen LogP contribution in [0.3, 0.4) is 0 Å². The van der Waals surface area contributed by atoms with Crippen molar-refractivity contribution in [3.05, 3.63) is 35.4 Å². The van der Waals surface area contributed by atoms with E-state index in [0.717, 1.165) is 18.4 Å². The van der Waals surface area contributed by atoms with Crippen molar-refractivity contribution in [1.82, 2.24) is 0 Å². The molecule has 1 rings (SSSR count). The average Bonchev–Trinajstić information content (AvgIpc) is 2.05. The van der Waals surface area contributed by atoms with Crippen LogP contribution in [0.5, 0.6) is 0 Å². The SMILES string of the molecule is CCC[C@@H](O)c1cccc(C)c1. The van der Waals surface area contributed by atoms with Gasteiger partial charge in [-0.3, -0.25) is 0 Å². The first-order valence-electron chi connectivity index (χ1n) is 4.48. The molecule has 0 fully saturated rings. The predicted molar refractivity (Wildman–Crippen MR) is 51.0 cm³/mol. The van der Waals surface area contributed by atoms with Crippen molar-refractivity contribution in [1.29, 1.82) is 0 Å². The lowest BCUT2D eigenvalue weighted by molar-refractivity contribution is 0.166. The molecule has 66 valence electrons. The van der Waals surface area contributed by atoms with Gasteiger partial charge >= 0.3 is 0 Å². The summed E-state index contributed by atoms with van der Waals surface area (Å²) in [7, 11) is 0. The second-order valence-electron chi connectivity index (χ2n) is 3.22. The van der Waals surface area contributed by atoms with Crippen molar-refractivity contribution >= 4 is 0 Å². The smallest absolute Gasteiger partial charge is 0.0790 e. The molecule has 0 unspecified atom stereocenters. The lowest BCUT2D eigenvalue weighted by Crippen LogP contribution is -1.96. The minimum absolute atomic E-state index is 0.283. The van der Waals surface area contributed by atoms with Crippen LogP contribution in [-0.4, -0.2) is 5.11 Å². The normalized spacial score (nSPS) is 12.9. The molecular weight excluding hydrogens is 148 g/mol. The molecule has 0 radical (unpaired) electrons. The molecule has 0 spiro atoms. The van der Waals surface area contributed by atoms with E-state index >= 15 is 0 Å². The summed E-state index contributed by atoms with van der Waals surface area (Å²) >= 11 is 0. The first-order valence-corrected chi connectivity index (χ1v) is 4.48. The van der Waals surface area contributed by atoms with Crippen molar-refractivity contribution in [2.24, 2.45) is 0 Å². The summed E-state index contributed by atoms with van der Waals surface area (Å²) in [6.45, 7) is 4.13. The monoisotopic (exact) mass is 164 g/mol. The molecule has 0 aliphatic rings.